The van der Waals surface area contributed by atoms with E-state index >= 15 is 0 Å². The molecule has 3 nitrogen and oxygen atoms in total. The van der Waals surface area contributed by atoms with Crippen molar-refractivity contribution in [2.75, 3.05) is 7.05 Å². The summed E-state index contributed by atoms with van der Waals surface area (Å²) in [5.41, 5.74) is 0. The highest BCUT2D eigenvalue weighted by molar-refractivity contribution is 5.02. The zero-order valence-electron chi connectivity index (χ0n) is 9.90. The second-order valence-electron chi connectivity index (χ2n) is 4.73. The highest BCUT2D eigenvalue weighted by atomic mass is 15.1. The summed E-state index contributed by atoms with van der Waals surface area (Å²) in [5.74, 6) is 2.74. The molecule has 1 aliphatic carbocycles. The van der Waals surface area contributed by atoms with E-state index in [4.69, 9.17) is 0 Å². The molecule has 1 fully saturated rings. The molecule has 2 rings (SSSR count). The van der Waals surface area contributed by atoms with Gasteiger partial charge in [-0.1, -0.05) is 19.8 Å². The molecule has 0 aromatic carbocycles. The summed E-state index contributed by atoms with van der Waals surface area (Å²) in [6.45, 7) is 2.37. The molecule has 0 radical (unpaired) electrons. The van der Waals surface area contributed by atoms with E-state index in [1.54, 1.807) is 0 Å². The van der Waals surface area contributed by atoms with E-state index in [9.17, 15) is 0 Å². The molecule has 1 aromatic heterocycles. The van der Waals surface area contributed by atoms with E-state index in [2.05, 4.69) is 28.8 Å². The van der Waals surface area contributed by atoms with Crippen molar-refractivity contribution in [1.29, 1.82) is 0 Å². The molecule has 84 valence electrons. The predicted molar refractivity (Wildman–Crippen MR) is 61.5 cm³/mol. The lowest BCUT2D eigenvalue weighted by molar-refractivity contribution is 0.300. The zero-order chi connectivity index (χ0) is 10.8. The Hall–Kier alpha value is -0.830. The van der Waals surface area contributed by atoms with Crippen molar-refractivity contribution >= 4 is 0 Å². The van der Waals surface area contributed by atoms with E-state index in [-0.39, 0.29) is 0 Å². The number of nitrogens with zero attached hydrogens (tertiary/aromatic N) is 2. The van der Waals surface area contributed by atoms with Gasteiger partial charge in [0, 0.05) is 19.4 Å². The van der Waals surface area contributed by atoms with Gasteiger partial charge in [-0.15, -0.1) is 0 Å². The molecule has 1 N–H and O–H groups in total. The van der Waals surface area contributed by atoms with Crippen LogP contribution in [0.4, 0.5) is 0 Å². The SMILES string of the molecule is CNC(c1nccn1C)C1CCCC1C. The molecule has 3 unspecified atom stereocenters. The van der Waals surface area contributed by atoms with Crippen molar-refractivity contribution in [2.45, 2.75) is 32.2 Å². The van der Waals surface area contributed by atoms with Crippen LogP contribution in [-0.4, -0.2) is 16.6 Å². The van der Waals surface area contributed by atoms with Crippen LogP contribution in [0.3, 0.4) is 0 Å². The maximum atomic E-state index is 4.47. The second kappa shape index (κ2) is 4.35. The Morgan fingerprint density at radius 2 is 2.33 bits per heavy atom. The molecular formula is C12H21N3. The Morgan fingerprint density at radius 1 is 1.53 bits per heavy atom. The van der Waals surface area contributed by atoms with Crippen molar-refractivity contribution in [3.05, 3.63) is 18.2 Å². The first-order valence-corrected chi connectivity index (χ1v) is 5.88. The van der Waals surface area contributed by atoms with E-state index < -0.39 is 0 Å². The first-order chi connectivity index (χ1) is 7.24. The number of nitrogens with one attached hydrogen (secondary N) is 1. The van der Waals surface area contributed by atoms with Gasteiger partial charge in [0.1, 0.15) is 5.82 Å². The highest BCUT2D eigenvalue weighted by Crippen LogP contribution is 2.39. The van der Waals surface area contributed by atoms with Crippen molar-refractivity contribution < 1.29 is 0 Å². The van der Waals surface area contributed by atoms with Gasteiger partial charge in [0.15, 0.2) is 0 Å². The summed E-state index contributed by atoms with van der Waals surface area (Å²) in [4.78, 5) is 4.47. The van der Waals surface area contributed by atoms with Crippen molar-refractivity contribution in [1.82, 2.24) is 14.9 Å². The lowest BCUT2D eigenvalue weighted by atomic mass is 9.90. The van der Waals surface area contributed by atoms with Gasteiger partial charge >= 0.3 is 0 Å². The summed E-state index contributed by atoms with van der Waals surface area (Å²) in [6.07, 6.45) is 7.99. The second-order valence-corrected chi connectivity index (χ2v) is 4.73. The summed E-state index contributed by atoms with van der Waals surface area (Å²) in [6, 6.07) is 0.419. The van der Waals surface area contributed by atoms with Crippen LogP contribution < -0.4 is 5.32 Å². The average Bonchev–Trinajstić information content (AvgIpc) is 2.80. The normalized spacial score (nSPS) is 28.2. The van der Waals surface area contributed by atoms with Crippen LogP contribution in [0.2, 0.25) is 0 Å². The van der Waals surface area contributed by atoms with E-state index in [1.807, 2.05) is 19.4 Å². The van der Waals surface area contributed by atoms with Gasteiger partial charge in [0.05, 0.1) is 6.04 Å². The third-order valence-corrected chi connectivity index (χ3v) is 3.80. The first kappa shape index (κ1) is 10.7. The van der Waals surface area contributed by atoms with Crippen molar-refractivity contribution in [3.63, 3.8) is 0 Å². The minimum absolute atomic E-state index is 0.419. The molecular weight excluding hydrogens is 186 g/mol. The number of aryl methyl sites for hydroxylation is 1. The van der Waals surface area contributed by atoms with Gasteiger partial charge in [0.2, 0.25) is 0 Å². The Bertz CT molecular complexity index is 318. The lowest BCUT2D eigenvalue weighted by Crippen LogP contribution is -2.29. The molecule has 0 amide bonds. The van der Waals surface area contributed by atoms with Gasteiger partial charge in [-0.3, -0.25) is 0 Å². The van der Waals surface area contributed by atoms with Gasteiger partial charge in [-0.25, -0.2) is 4.98 Å². The van der Waals surface area contributed by atoms with Gasteiger partial charge in [-0.2, -0.15) is 0 Å². The molecule has 0 saturated heterocycles. The van der Waals surface area contributed by atoms with Crippen molar-refractivity contribution in [3.8, 4) is 0 Å². The largest absolute Gasteiger partial charge is 0.337 e. The van der Waals surface area contributed by atoms with E-state index in [0.717, 1.165) is 11.8 Å². The molecule has 1 aliphatic rings. The number of hydrogen-bond donors (Lipinski definition) is 1. The monoisotopic (exact) mass is 207 g/mol. The quantitative estimate of drug-likeness (QED) is 0.822. The Labute approximate surface area is 91.9 Å². The predicted octanol–water partition coefficient (Wildman–Crippen LogP) is 2.12. The molecule has 15 heavy (non-hydrogen) atoms. The van der Waals surface area contributed by atoms with Crippen molar-refractivity contribution in [2.24, 2.45) is 18.9 Å². The number of imidazole rings is 1. The Kier molecular flexibility index (Phi) is 3.10. The average molecular weight is 207 g/mol. The number of aromatic nitrogens is 2. The topological polar surface area (TPSA) is 29.9 Å². The van der Waals surface area contributed by atoms with Crippen LogP contribution in [0.5, 0.6) is 0 Å². The Morgan fingerprint density at radius 3 is 2.80 bits per heavy atom. The lowest BCUT2D eigenvalue weighted by Gasteiger charge is -2.26. The standard InChI is InChI=1S/C12H21N3/c1-9-5-4-6-10(9)11(13-2)12-14-7-8-15(12)3/h7-11,13H,4-6H2,1-3H3. The maximum absolute atomic E-state index is 4.47. The minimum Gasteiger partial charge on any atom is -0.337 e. The van der Waals surface area contributed by atoms with Crippen LogP contribution in [-0.2, 0) is 7.05 Å². The summed E-state index contributed by atoms with van der Waals surface area (Å²) < 4.78 is 2.13. The highest BCUT2D eigenvalue weighted by Gasteiger charge is 2.32. The maximum Gasteiger partial charge on any atom is 0.125 e. The molecule has 0 bridgehead atoms. The van der Waals surface area contributed by atoms with E-state index in [0.29, 0.717) is 6.04 Å². The van der Waals surface area contributed by atoms with Gasteiger partial charge in [0.25, 0.3) is 0 Å². The fourth-order valence-corrected chi connectivity index (χ4v) is 2.88. The molecule has 3 atom stereocenters. The van der Waals surface area contributed by atoms with Crippen LogP contribution in [0.15, 0.2) is 12.4 Å². The third kappa shape index (κ3) is 1.93. The molecule has 0 spiro atoms. The fourth-order valence-electron chi connectivity index (χ4n) is 2.88. The molecule has 1 heterocycles. The minimum atomic E-state index is 0.419. The summed E-state index contributed by atoms with van der Waals surface area (Å²) >= 11 is 0. The van der Waals surface area contributed by atoms with E-state index in [1.165, 1.54) is 25.1 Å². The zero-order valence-corrected chi connectivity index (χ0v) is 9.90. The number of hydrogen-bond acceptors (Lipinski definition) is 2. The fraction of sp³-hybridized carbons (Fsp3) is 0.750. The number of rotatable bonds is 3. The summed E-state index contributed by atoms with van der Waals surface area (Å²) in [5, 5.41) is 3.43. The molecule has 1 saturated carbocycles. The van der Waals surface area contributed by atoms with Gasteiger partial charge < -0.3 is 9.88 Å². The Balaban J connectivity index is 2.20. The van der Waals surface area contributed by atoms with Gasteiger partial charge in [-0.05, 0) is 25.3 Å². The van der Waals surface area contributed by atoms with Crippen LogP contribution in [0.1, 0.15) is 38.1 Å². The molecule has 3 heteroatoms. The third-order valence-electron chi connectivity index (χ3n) is 3.80. The van der Waals surface area contributed by atoms with Crippen LogP contribution >= 0.6 is 0 Å². The van der Waals surface area contributed by atoms with Crippen LogP contribution in [0.25, 0.3) is 0 Å². The first-order valence-electron chi connectivity index (χ1n) is 5.88. The molecule has 0 aliphatic heterocycles. The molecule has 1 aromatic rings. The van der Waals surface area contributed by atoms with Crippen LogP contribution in [0, 0.1) is 11.8 Å². The smallest absolute Gasteiger partial charge is 0.125 e. The summed E-state index contributed by atoms with van der Waals surface area (Å²) in [7, 11) is 4.12.